The maximum Gasteiger partial charge on any atom is 0.151 e. The fourth-order valence-corrected chi connectivity index (χ4v) is 5.41. The number of hydrogen-bond acceptors (Lipinski definition) is 5. The molecule has 0 aliphatic carbocycles. The predicted octanol–water partition coefficient (Wildman–Crippen LogP) is 5.18. The van der Waals surface area contributed by atoms with Crippen molar-refractivity contribution in [1.29, 1.82) is 0 Å². The Kier molecular flexibility index (Phi) is 8.11. The molecule has 6 nitrogen and oxygen atoms in total. The summed E-state index contributed by atoms with van der Waals surface area (Å²) in [6, 6.07) is 5.24. The van der Waals surface area contributed by atoms with E-state index in [1.165, 1.54) is 0 Å². The van der Waals surface area contributed by atoms with Crippen molar-refractivity contribution in [2.75, 3.05) is 25.2 Å². The lowest BCUT2D eigenvalue weighted by Gasteiger charge is -2.19. The molecule has 0 spiro atoms. The first-order valence-corrected chi connectivity index (χ1v) is 11.9. The number of methoxy groups -OCH3 is 1. The highest BCUT2D eigenvalue weighted by Gasteiger charge is 2.17. The average molecular weight is 469 g/mol. The summed E-state index contributed by atoms with van der Waals surface area (Å²) in [6.07, 6.45) is 7.32. The van der Waals surface area contributed by atoms with Crippen molar-refractivity contribution < 1.29 is 8.95 Å². The quantitative estimate of drug-likeness (QED) is 0.414. The second kappa shape index (κ2) is 10.6. The smallest absolute Gasteiger partial charge is 0.151 e. The van der Waals surface area contributed by atoms with E-state index in [0.717, 1.165) is 42.3 Å². The highest BCUT2D eigenvalue weighted by molar-refractivity contribution is 7.85. The summed E-state index contributed by atoms with van der Waals surface area (Å²) < 4.78 is 20.1. The van der Waals surface area contributed by atoms with Crippen molar-refractivity contribution in [3.8, 4) is 0 Å². The van der Waals surface area contributed by atoms with Gasteiger partial charge in [0, 0.05) is 24.1 Å². The number of benzene rings is 1. The van der Waals surface area contributed by atoms with Crippen LogP contribution in [0.2, 0.25) is 10.0 Å². The highest BCUT2D eigenvalue weighted by Crippen LogP contribution is 2.28. The Morgan fingerprint density at radius 2 is 2.03 bits per heavy atom. The molecular weight excluding hydrogens is 443 g/mol. The molecule has 2 N–H and O–H groups in total. The van der Waals surface area contributed by atoms with Crippen LogP contribution in [0.4, 0.5) is 5.82 Å². The van der Waals surface area contributed by atoms with Crippen LogP contribution in [-0.2, 0) is 15.5 Å². The number of pyridine rings is 1. The van der Waals surface area contributed by atoms with E-state index >= 15 is 0 Å². The van der Waals surface area contributed by atoms with E-state index in [1.807, 2.05) is 13.3 Å². The maximum absolute atomic E-state index is 12.5. The third-order valence-corrected chi connectivity index (χ3v) is 7.23. The van der Waals surface area contributed by atoms with Gasteiger partial charge in [-0.25, -0.2) is 9.97 Å². The molecule has 0 aliphatic rings. The summed E-state index contributed by atoms with van der Waals surface area (Å²) in [4.78, 5) is 9.29. The Labute approximate surface area is 189 Å². The third kappa shape index (κ3) is 5.32. The number of imidazole rings is 1. The number of unbranched alkanes of at least 4 members (excludes halogenated alkanes) is 2. The maximum atomic E-state index is 12.5. The Morgan fingerprint density at radius 3 is 2.77 bits per heavy atom. The third-order valence-electron chi connectivity index (χ3n) is 5.07. The average Bonchev–Trinajstić information content (AvgIpc) is 3.16. The number of hydrogen-bond donors (Lipinski definition) is 1. The van der Waals surface area contributed by atoms with E-state index in [9.17, 15) is 4.21 Å². The first-order valence-electron chi connectivity index (χ1n) is 9.82. The van der Waals surface area contributed by atoms with Gasteiger partial charge in [-0.15, -0.1) is 0 Å². The Bertz CT molecular complexity index is 1040. The number of ether oxygens (including phenoxy) is 1. The van der Waals surface area contributed by atoms with E-state index in [2.05, 4.69) is 14.5 Å². The molecule has 3 aromatic rings. The number of nitrogen functional groups attached to an aromatic ring is 1. The lowest BCUT2D eigenvalue weighted by Crippen LogP contribution is -2.14. The van der Waals surface area contributed by atoms with Crippen LogP contribution in [0.5, 0.6) is 0 Å². The Balaban J connectivity index is 1.57. The van der Waals surface area contributed by atoms with Gasteiger partial charge in [-0.3, -0.25) is 4.21 Å². The van der Waals surface area contributed by atoms with Crippen LogP contribution in [0.1, 0.15) is 37.3 Å². The van der Waals surface area contributed by atoms with E-state index in [-0.39, 0.29) is 6.04 Å². The van der Waals surface area contributed by atoms with Gasteiger partial charge in [0.25, 0.3) is 0 Å². The topological polar surface area (TPSA) is 83.0 Å². The summed E-state index contributed by atoms with van der Waals surface area (Å²) in [5, 5.41) is 1.00. The number of aryl methyl sites for hydroxylation is 1. The lowest BCUT2D eigenvalue weighted by atomic mass is 10.1. The fraction of sp³-hybridized carbons (Fsp3) is 0.429. The minimum atomic E-state index is -1.13. The summed E-state index contributed by atoms with van der Waals surface area (Å²) in [7, 11) is 0.576. The molecule has 2 heterocycles. The van der Waals surface area contributed by atoms with E-state index in [1.54, 1.807) is 31.5 Å². The van der Waals surface area contributed by atoms with Crippen molar-refractivity contribution in [3.63, 3.8) is 0 Å². The second-order valence-corrected chi connectivity index (χ2v) is 9.64. The Hall–Kier alpha value is -1.67. The van der Waals surface area contributed by atoms with Gasteiger partial charge in [-0.05, 0) is 43.5 Å². The van der Waals surface area contributed by atoms with Gasteiger partial charge in [-0.2, -0.15) is 0 Å². The van der Waals surface area contributed by atoms with Crippen molar-refractivity contribution in [1.82, 2.24) is 14.5 Å². The lowest BCUT2D eigenvalue weighted by molar-refractivity contribution is 0.151. The highest BCUT2D eigenvalue weighted by atomic mass is 35.5. The van der Waals surface area contributed by atoms with Crippen molar-refractivity contribution in [3.05, 3.63) is 46.3 Å². The van der Waals surface area contributed by atoms with E-state index in [0.29, 0.717) is 33.1 Å². The summed E-state index contributed by atoms with van der Waals surface area (Å²) in [5.41, 5.74) is 8.75. The van der Waals surface area contributed by atoms with Crippen LogP contribution in [-0.4, -0.2) is 38.2 Å². The molecular formula is C21H26Cl2N4O2S. The molecule has 30 heavy (non-hydrogen) atoms. The van der Waals surface area contributed by atoms with Gasteiger partial charge in [0.2, 0.25) is 0 Å². The molecule has 0 radical (unpaired) electrons. The second-order valence-electron chi connectivity index (χ2n) is 7.26. The zero-order chi connectivity index (χ0) is 21.7. The molecule has 162 valence electrons. The van der Waals surface area contributed by atoms with Crippen LogP contribution >= 0.6 is 23.2 Å². The largest absolute Gasteiger partial charge is 0.383 e. The number of rotatable bonds is 10. The Morgan fingerprint density at radius 1 is 1.23 bits per heavy atom. The van der Waals surface area contributed by atoms with Gasteiger partial charge >= 0.3 is 0 Å². The summed E-state index contributed by atoms with van der Waals surface area (Å²) in [6.45, 7) is 2.59. The number of nitrogens with zero attached hydrogens (tertiary/aromatic N) is 3. The molecule has 0 aliphatic heterocycles. The van der Waals surface area contributed by atoms with Gasteiger partial charge in [0.05, 0.1) is 45.2 Å². The number of anilines is 1. The van der Waals surface area contributed by atoms with Crippen LogP contribution in [0.15, 0.2) is 35.6 Å². The first-order chi connectivity index (χ1) is 14.4. The number of halogens is 2. The summed E-state index contributed by atoms with van der Waals surface area (Å²) in [5.74, 6) is 1.01. The van der Waals surface area contributed by atoms with Gasteiger partial charge in [-0.1, -0.05) is 36.0 Å². The SMILES string of the molecule is COCC(CCCCCS(=O)c1ccc(Cl)cc1Cl)n1cnc2c(N)ncc(C)c21. The first kappa shape index (κ1) is 23.0. The standard InChI is InChI=1S/C21H26Cl2N4O2S/c1-14-11-25-21(24)19-20(14)27(13-26-19)16(12-29-2)6-4-3-5-9-30(28)18-8-7-15(22)10-17(18)23/h7-8,10-11,13,16H,3-6,9,12H2,1-2H3,(H2,24,25). The monoisotopic (exact) mass is 468 g/mol. The molecule has 9 heteroatoms. The zero-order valence-corrected chi connectivity index (χ0v) is 19.4. The molecule has 0 amide bonds. The number of fused-ring (bicyclic) bond motifs is 1. The van der Waals surface area contributed by atoms with Crippen molar-refractivity contribution >= 4 is 50.9 Å². The molecule has 2 aromatic heterocycles. The molecule has 2 atom stereocenters. The van der Waals surface area contributed by atoms with Crippen molar-refractivity contribution in [2.45, 2.75) is 43.5 Å². The molecule has 3 rings (SSSR count). The molecule has 0 fully saturated rings. The van der Waals surface area contributed by atoms with Crippen LogP contribution in [0, 0.1) is 6.92 Å². The molecule has 0 saturated carbocycles. The zero-order valence-electron chi connectivity index (χ0n) is 17.1. The molecule has 1 aromatic carbocycles. The van der Waals surface area contributed by atoms with E-state index in [4.69, 9.17) is 33.7 Å². The molecule has 2 unspecified atom stereocenters. The van der Waals surface area contributed by atoms with Crippen LogP contribution < -0.4 is 5.73 Å². The molecule has 0 saturated heterocycles. The minimum Gasteiger partial charge on any atom is -0.383 e. The fourth-order valence-electron chi connectivity index (χ4n) is 3.56. The minimum absolute atomic E-state index is 0.150. The van der Waals surface area contributed by atoms with Crippen molar-refractivity contribution in [2.24, 2.45) is 0 Å². The van der Waals surface area contributed by atoms with E-state index < -0.39 is 10.8 Å². The number of aromatic nitrogens is 3. The van der Waals surface area contributed by atoms with Gasteiger partial charge in [0.1, 0.15) is 5.52 Å². The summed E-state index contributed by atoms with van der Waals surface area (Å²) >= 11 is 12.1. The number of nitrogens with two attached hydrogens (primary N) is 1. The predicted molar refractivity (Wildman–Crippen MR) is 124 cm³/mol. The molecule has 0 bridgehead atoms. The van der Waals surface area contributed by atoms with Crippen LogP contribution in [0.25, 0.3) is 11.0 Å². The van der Waals surface area contributed by atoms with Crippen LogP contribution in [0.3, 0.4) is 0 Å². The van der Waals surface area contributed by atoms with Gasteiger partial charge < -0.3 is 15.0 Å². The van der Waals surface area contributed by atoms with Gasteiger partial charge in [0.15, 0.2) is 5.82 Å². The normalized spacial score (nSPS) is 13.6.